The Morgan fingerprint density at radius 2 is 2.10 bits per heavy atom. The van der Waals surface area contributed by atoms with Crippen molar-refractivity contribution >= 4 is 27.2 Å². The zero-order chi connectivity index (χ0) is 15.3. The van der Waals surface area contributed by atoms with Crippen LogP contribution >= 0.6 is 12.2 Å². The third-order valence-corrected chi connectivity index (χ3v) is 4.95. The first-order valence-electron chi connectivity index (χ1n) is 6.69. The first-order valence-corrected chi connectivity index (χ1v) is 8.58. The van der Waals surface area contributed by atoms with Crippen molar-refractivity contribution in [2.75, 3.05) is 39.4 Å². The number of rotatable bonds is 6. The molecule has 3 N–H and O–H groups in total. The molecule has 0 saturated carbocycles. The molecule has 0 amide bonds. The minimum atomic E-state index is -3.54. The highest BCUT2D eigenvalue weighted by Crippen LogP contribution is 2.11. The van der Waals surface area contributed by atoms with Crippen LogP contribution in [0.3, 0.4) is 0 Å². The van der Waals surface area contributed by atoms with Crippen molar-refractivity contribution in [3.8, 4) is 0 Å². The molecule has 1 aliphatic rings. The molecule has 2 rings (SSSR count). The first kappa shape index (κ1) is 16.3. The van der Waals surface area contributed by atoms with Crippen molar-refractivity contribution < 1.29 is 13.2 Å². The predicted octanol–water partition coefficient (Wildman–Crippen LogP) is -0.0687. The second-order valence-corrected chi connectivity index (χ2v) is 6.95. The van der Waals surface area contributed by atoms with Gasteiger partial charge >= 0.3 is 0 Å². The van der Waals surface area contributed by atoms with E-state index in [4.69, 9.17) is 22.7 Å². The van der Waals surface area contributed by atoms with Gasteiger partial charge in [-0.05, 0) is 12.1 Å². The lowest BCUT2D eigenvalue weighted by atomic mass is 10.2. The summed E-state index contributed by atoms with van der Waals surface area (Å²) in [6.45, 7) is 4.08. The summed E-state index contributed by atoms with van der Waals surface area (Å²) < 4.78 is 32.3. The summed E-state index contributed by atoms with van der Waals surface area (Å²) in [5.41, 5.74) is 6.06. The van der Waals surface area contributed by atoms with Crippen molar-refractivity contribution in [2.45, 2.75) is 4.90 Å². The van der Waals surface area contributed by atoms with Gasteiger partial charge in [-0.2, -0.15) is 0 Å². The van der Waals surface area contributed by atoms with E-state index in [1.165, 1.54) is 12.1 Å². The number of nitrogens with one attached hydrogen (secondary N) is 1. The van der Waals surface area contributed by atoms with E-state index >= 15 is 0 Å². The summed E-state index contributed by atoms with van der Waals surface area (Å²) in [5, 5.41) is 0. The summed E-state index contributed by atoms with van der Waals surface area (Å²) in [6.07, 6.45) is 0. The van der Waals surface area contributed by atoms with Gasteiger partial charge in [0.25, 0.3) is 0 Å². The minimum Gasteiger partial charge on any atom is -0.389 e. The number of nitrogens with two attached hydrogens (primary N) is 1. The molecule has 21 heavy (non-hydrogen) atoms. The van der Waals surface area contributed by atoms with Gasteiger partial charge < -0.3 is 10.5 Å². The van der Waals surface area contributed by atoms with E-state index in [0.29, 0.717) is 31.9 Å². The zero-order valence-corrected chi connectivity index (χ0v) is 13.3. The van der Waals surface area contributed by atoms with Crippen molar-refractivity contribution in [2.24, 2.45) is 5.73 Å². The molecule has 1 aromatic rings. The molecule has 0 aliphatic carbocycles. The normalized spacial score (nSPS) is 16.8. The summed E-state index contributed by atoms with van der Waals surface area (Å²) in [5.74, 6) is 0. The van der Waals surface area contributed by atoms with Gasteiger partial charge in [-0.1, -0.05) is 24.4 Å². The third-order valence-electron chi connectivity index (χ3n) is 3.25. The lowest BCUT2D eigenvalue weighted by molar-refractivity contribution is 0.0390. The van der Waals surface area contributed by atoms with Gasteiger partial charge in [0.05, 0.1) is 18.1 Å². The Morgan fingerprint density at radius 3 is 2.76 bits per heavy atom. The second-order valence-electron chi connectivity index (χ2n) is 4.74. The molecule has 0 atom stereocenters. The molecule has 6 nitrogen and oxygen atoms in total. The van der Waals surface area contributed by atoms with E-state index < -0.39 is 10.0 Å². The van der Waals surface area contributed by atoms with Gasteiger partial charge in [-0.15, -0.1) is 0 Å². The average Bonchev–Trinajstić information content (AvgIpc) is 2.48. The SMILES string of the molecule is NC(=S)c1cccc(S(=O)(=O)NCCN2CCOCC2)c1. The Hall–Kier alpha value is -1.06. The molecule has 1 aliphatic heterocycles. The van der Waals surface area contributed by atoms with Gasteiger partial charge in [-0.25, -0.2) is 13.1 Å². The number of hydrogen-bond acceptors (Lipinski definition) is 5. The number of sulfonamides is 1. The van der Waals surface area contributed by atoms with E-state index in [9.17, 15) is 8.42 Å². The van der Waals surface area contributed by atoms with Gasteiger partial charge in [0.15, 0.2) is 0 Å². The molecule has 8 heteroatoms. The summed E-state index contributed by atoms with van der Waals surface area (Å²) in [4.78, 5) is 2.52. The molecule has 0 spiro atoms. The standard InChI is InChI=1S/C13H19N3O3S2/c14-13(20)11-2-1-3-12(10-11)21(17,18)15-4-5-16-6-8-19-9-7-16/h1-3,10,15H,4-9H2,(H2,14,20). The molecule has 0 aromatic heterocycles. The predicted molar refractivity (Wildman–Crippen MR) is 84.8 cm³/mol. The van der Waals surface area contributed by atoms with Crippen LogP contribution in [0.4, 0.5) is 0 Å². The van der Waals surface area contributed by atoms with E-state index in [1.54, 1.807) is 12.1 Å². The maximum absolute atomic E-state index is 12.2. The third kappa shape index (κ3) is 4.72. The highest BCUT2D eigenvalue weighted by Gasteiger charge is 2.16. The van der Waals surface area contributed by atoms with E-state index in [-0.39, 0.29) is 9.88 Å². The Kier molecular flexibility index (Phi) is 5.65. The Morgan fingerprint density at radius 1 is 1.38 bits per heavy atom. The zero-order valence-electron chi connectivity index (χ0n) is 11.6. The molecule has 1 saturated heterocycles. The monoisotopic (exact) mass is 329 g/mol. The highest BCUT2D eigenvalue weighted by molar-refractivity contribution is 7.89. The van der Waals surface area contributed by atoms with Crippen molar-refractivity contribution in [1.29, 1.82) is 0 Å². The average molecular weight is 329 g/mol. The van der Waals surface area contributed by atoms with Crippen LogP contribution in [0.2, 0.25) is 0 Å². The fourth-order valence-corrected chi connectivity index (χ4v) is 3.26. The molecule has 1 heterocycles. The first-order chi connectivity index (χ1) is 9.99. The lowest BCUT2D eigenvalue weighted by Crippen LogP contribution is -2.41. The van der Waals surface area contributed by atoms with E-state index in [0.717, 1.165) is 13.1 Å². The smallest absolute Gasteiger partial charge is 0.240 e. The largest absolute Gasteiger partial charge is 0.389 e. The van der Waals surface area contributed by atoms with Crippen molar-refractivity contribution in [3.05, 3.63) is 29.8 Å². The van der Waals surface area contributed by atoms with E-state index in [2.05, 4.69) is 9.62 Å². The number of ether oxygens (including phenoxy) is 1. The molecule has 0 radical (unpaired) electrons. The summed E-state index contributed by atoms with van der Waals surface area (Å²) >= 11 is 4.86. The Bertz CT molecular complexity index is 598. The second kappa shape index (κ2) is 7.28. The molecule has 0 bridgehead atoms. The maximum atomic E-state index is 12.2. The number of thiocarbonyl (C=S) groups is 1. The van der Waals surface area contributed by atoms with E-state index in [1.807, 2.05) is 0 Å². The maximum Gasteiger partial charge on any atom is 0.240 e. The molecular weight excluding hydrogens is 310 g/mol. The van der Waals surface area contributed by atoms with Gasteiger partial charge in [0, 0.05) is 31.7 Å². The van der Waals surface area contributed by atoms with Crippen LogP contribution < -0.4 is 10.5 Å². The summed E-state index contributed by atoms with van der Waals surface area (Å²) in [6, 6.07) is 6.33. The Balaban J connectivity index is 1.94. The number of benzene rings is 1. The van der Waals surface area contributed by atoms with Gasteiger partial charge in [0.2, 0.25) is 10.0 Å². The quantitative estimate of drug-likeness (QED) is 0.711. The van der Waals surface area contributed by atoms with Crippen LogP contribution in [0.25, 0.3) is 0 Å². The highest BCUT2D eigenvalue weighted by atomic mass is 32.2. The van der Waals surface area contributed by atoms with Gasteiger partial charge in [-0.3, -0.25) is 4.90 Å². The molecular formula is C13H19N3O3S2. The number of hydrogen-bond donors (Lipinski definition) is 2. The van der Waals surface area contributed by atoms with Crippen molar-refractivity contribution in [3.63, 3.8) is 0 Å². The summed E-state index contributed by atoms with van der Waals surface area (Å²) in [7, 11) is -3.54. The van der Waals surface area contributed by atoms with Crippen LogP contribution in [0.1, 0.15) is 5.56 Å². The van der Waals surface area contributed by atoms with Gasteiger partial charge in [0.1, 0.15) is 4.99 Å². The number of morpholine rings is 1. The van der Waals surface area contributed by atoms with Crippen molar-refractivity contribution in [1.82, 2.24) is 9.62 Å². The van der Waals surface area contributed by atoms with Crippen LogP contribution in [0, 0.1) is 0 Å². The van der Waals surface area contributed by atoms with Crippen LogP contribution in [0.5, 0.6) is 0 Å². The molecule has 1 fully saturated rings. The fraction of sp³-hybridized carbons (Fsp3) is 0.462. The van der Waals surface area contributed by atoms with Crippen LogP contribution in [-0.2, 0) is 14.8 Å². The molecule has 0 unspecified atom stereocenters. The molecule has 116 valence electrons. The lowest BCUT2D eigenvalue weighted by Gasteiger charge is -2.26. The molecule has 1 aromatic carbocycles. The van der Waals surface area contributed by atoms with Crippen LogP contribution in [-0.4, -0.2) is 57.7 Å². The minimum absolute atomic E-state index is 0.176. The van der Waals surface area contributed by atoms with Crippen LogP contribution in [0.15, 0.2) is 29.2 Å². The fourth-order valence-electron chi connectivity index (χ4n) is 2.06. The Labute approximate surface area is 130 Å². The number of nitrogens with zero attached hydrogens (tertiary/aromatic N) is 1. The topological polar surface area (TPSA) is 84.7 Å².